The van der Waals surface area contributed by atoms with Crippen molar-refractivity contribution in [1.29, 1.82) is 0 Å². The molecule has 0 bridgehead atoms. The maximum Gasteiger partial charge on any atom is 0.0175 e. The Labute approximate surface area is 226 Å². The van der Waals surface area contributed by atoms with Crippen LogP contribution >= 0.6 is 79.6 Å². The molecule has 162 valence electrons. The van der Waals surface area contributed by atoms with Gasteiger partial charge in [0.25, 0.3) is 0 Å². The van der Waals surface area contributed by atoms with Crippen molar-refractivity contribution in [2.45, 2.75) is 0 Å². The minimum Gasteiger partial charge on any atom is -0.0531 e. The molecule has 0 aliphatic heterocycles. The third-order valence-corrected chi connectivity index (χ3v) is 12.6. The Morgan fingerprint density at radius 3 is 0.719 bits per heavy atom. The molecule has 0 aliphatic rings. The molecule has 0 radical (unpaired) electrons. The van der Waals surface area contributed by atoms with E-state index in [1.165, 1.54) is 21.2 Å². The van der Waals surface area contributed by atoms with Crippen LogP contribution in [0.25, 0.3) is 0 Å². The quantitative estimate of drug-likeness (QED) is 0.169. The van der Waals surface area contributed by atoms with Crippen LogP contribution in [0.1, 0.15) is 0 Å². The lowest BCUT2D eigenvalue weighted by Crippen LogP contribution is -2.20. The second-order valence-corrected chi connectivity index (χ2v) is 15.5. The SMILES string of the molecule is Brc1ccc(P(CCP(c2ccc(Br)cc2)c2ccc(Br)cc2)c2ccc(Br)cc2)cc1. The van der Waals surface area contributed by atoms with Gasteiger partial charge in [0.2, 0.25) is 0 Å². The standard InChI is InChI=1S/C26H20Br4P2/c27-19-1-9-23(10-2-19)31(24-11-3-20(28)4-12-24)17-18-32(25-13-5-21(29)6-14-25)26-15-7-22(30)8-16-26/h1-16H,17-18H2. The van der Waals surface area contributed by atoms with Gasteiger partial charge in [-0.25, -0.2) is 0 Å². The zero-order chi connectivity index (χ0) is 22.5. The molecule has 32 heavy (non-hydrogen) atoms. The molecule has 0 aromatic heterocycles. The Bertz CT molecular complexity index is 957. The Kier molecular flexibility index (Phi) is 9.19. The van der Waals surface area contributed by atoms with E-state index in [9.17, 15) is 0 Å². The van der Waals surface area contributed by atoms with Gasteiger partial charge in [-0.15, -0.1) is 0 Å². The van der Waals surface area contributed by atoms with Crippen LogP contribution in [0, 0.1) is 0 Å². The third kappa shape index (κ3) is 6.62. The van der Waals surface area contributed by atoms with E-state index in [0.29, 0.717) is 0 Å². The molecule has 0 spiro atoms. The minimum absolute atomic E-state index is 0.445. The first-order valence-corrected chi connectivity index (χ1v) is 16.3. The van der Waals surface area contributed by atoms with Gasteiger partial charge in [0.15, 0.2) is 0 Å². The summed E-state index contributed by atoms with van der Waals surface area (Å²) in [7, 11) is -0.891. The predicted octanol–water partition coefficient (Wildman–Crippen LogP) is 8.30. The minimum atomic E-state index is -0.445. The summed E-state index contributed by atoms with van der Waals surface area (Å²) < 4.78 is 4.50. The fourth-order valence-electron chi connectivity index (χ4n) is 3.50. The van der Waals surface area contributed by atoms with Crippen LogP contribution in [0.2, 0.25) is 0 Å². The van der Waals surface area contributed by atoms with E-state index in [2.05, 4.69) is 161 Å². The molecule has 0 N–H and O–H groups in total. The molecular weight excluding hydrogens is 694 g/mol. The molecule has 0 heterocycles. The monoisotopic (exact) mass is 710 g/mol. The number of benzene rings is 4. The molecular formula is C26H20Br4P2. The highest BCUT2D eigenvalue weighted by Crippen LogP contribution is 2.41. The van der Waals surface area contributed by atoms with Gasteiger partial charge in [-0.1, -0.05) is 112 Å². The van der Waals surface area contributed by atoms with Gasteiger partial charge >= 0.3 is 0 Å². The van der Waals surface area contributed by atoms with Crippen LogP contribution in [-0.4, -0.2) is 12.3 Å². The summed E-state index contributed by atoms with van der Waals surface area (Å²) in [6.45, 7) is 0. The fourth-order valence-corrected chi connectivity index (χ4v) is 9.82. The molecule has 0 saturated heterocycles. The molecule has 0 atom stereocenters. The molecule has 0 unspecified atom stereocenters. The van der Waals surface area contributed by atoms with Crippen LogP contribution in [-0.2, 0) is 0 Å². The zero-order valence-corrected chi connectivity index (χ0v) is 25.2. The summed E-state index contributed by atoms with van der Waals surface area (Å²) in [4.78, 5) is 0. The molecule has 0 amide bonds. The molecule has 0 nitrogen and oxygen atoms in total. The number of halogens is 4. The smallest absolute Gasteiger partial charge is 0.0175 e. The second-order valence-electron chi connectivity index (χ2n) is 7.21. The van der Waals surface area contributed by atoms with Gasteiger partial charge in [-0.3, -0.25) is 0 Å². The van der Waals surface area contributed by atoms with Crippen molar-refractivity contribution < 1.29 is 0 Å². The van der Waals surface area contributed by atoms with Gasteiger partial charge in [0, 0.05) is 17.9 Å². The lowest BCUT2D eigenvalue weighted by molar-refractivity contribution is 1.50. The van der Waals surface area contributed by atoms with Crippen molar-refractivity contribution in [2.24, 2.45) is 0 Å². The molecule has 0 aliphatic carbocycles. The molecule has 6 heteroatoms. The predicted molar refractivity (Wildman–Crippen MR) is 159 cm³/mol. The molecule has 0 fully saturated rings. The first-order valence-electron chi connectivity index (χ1n) is 10.1. The second kappa shape index (κ2) is 11.9. The van der Waals surface area contributed by atoms with Crippen molar-refractivity contribution in [3.63, 3.8) is 0 Å². The summed E-state index contributed by atoms with van der Waals surface area (Å²) in [6.07, 6.45) is 2.30. The van der Waals surface area contributed by atoms with Crippen LogP contribution in [0.15, 0.2) is 115 Å². The molecule has 4 rings (SSSR count). The summed E-state index contributed by atoms with van der Waals surface area (Å²) in [5.41, 5.74) is 0. The summed E-state index contributed by atoms with van der Waals surface area (Å²) in [5, 5.41) is 5.69. The number of hydrogen-bond acceptors (Lipinski definition) is 0. The van der Waals surface area contributed by atoms with E-state index in [0.717, 1.165) is 30.2 Å². The Hall–Kier alpha value is -0.340. The number of hydrogen-bond donors (Lipinski definition) is 0. The summed E-state index contributed by atoms with van der Waals surface area (Å²) in [6, 6.07) is 35.5. The Morgan fingerprint density at radius 2 is 0.531 bits per heavy atom. The van der Waals surface area contributed by atoms with Crippen LogP contribution in [0.3, 0.4) is 0 Å². The zero-order valence-electron chi connectivity index (χ0n) is 17.1. The molecule has 0 saturated carbocycles. The highest BCUT2D eigenvalue weighted by Gasteiger charge is 2.19. The summed E-state index contributed by atoms with van der Waals surface area (Å²) >= 11 is 14.4. The van der Waals surface area contributed by atoms with E-state index in [-0.39, 0.29) is 0 Å². The van der Waals surface area contributed by atoms with Gasteiger partial charge < -0.3 is 0 Å². The van der Waals surface area contributed by atoms with Crippen LogP contribution < -0.4 is 21.2 Å². The van der Waals surface area contributed by atoms with Crippen molar-refractivity contribution in [3.8, 4) is 0 Å². The average Bonchev–Trinajstić information content (AvgIpc) is 2.80. The van der Waals surface area contributed by atoms with E-state index in [4.69, 9.17) is 0 Å². The van der Waals surface area contributed by atoms with E-state index in [1.807, 2.05) is 0 Å². The fraction of sp³-hybridized carbons (Fsp3) is 0.0769. The van der Waals surface area contributed by atoms with Gasteiger partial charge in [-0.2, -0.15) is 0 Å². The Balaban J connectivity index is 1.67. The number of rotatable bonds is 7. The van der Waals surface area contributed by atoms with Gasteiger partial charge in [-0.05, 0) is 97.9 Å². The highest BCUT2D eigenvalue weighted by atomic mass is 79.9. The van der Waals surface area contributed by atoms with Gasteiger partial charge in [0.1, 0.15) is 0 Å². The lowest BCUT2D eigenvalue weighted by atomic mass is 10.4. The average molecular weight is 714 g/mol. The van der Waals surface area contributed by atoms with E-state index >= 15 is 0 Å². The summed E-state index contributed by atoms with van der Waals surface area (Å²) in [5.74, 6) is 0. The topological polar surface area (TPSA) is 0 Å². The van der Waals surface area contributed by atoms with Crippen molar-refractivity contribution in [2.75, 3.05) is 12.3 Å². The van der Waals surface area contributed by atoms with Crippen molar-refractivity contribution >= 4 is 101 Å². The van der Waals surface area contributed by atoms with Crippen molar-refractivity contribution in [3.05, 3.63) is 115 Å². The largest absolute Gasteiger partial charge is 0.0531 e. The van der Waals surface area contributed by atoms with Gasteiger partial charge in [0.05, 0.1) is 0 Å². The maximum absolute atomic E-state index is 3.59. The molecule has 4 aromatic carbocycles. The van der Waals surface area contributed by atoms with E-state index in [1.54, 1.807) is 0 Å². The maximum atomic E-state index is 3.59. The van der Waals surface area contributed by atoms with Crippen LogP contribution in [0.4, 0.5) is 0 Å². The first-order chi connectivity index (χ1) is 15.5. The first kappa shape index (κ1) is 24.8. The highest BCUT2D eigenvalue weighted by molar-refractivity contribution is 9.11. The third-order valence-electron chi connectivity index (χ3n) is 5.10. The van der Waals surface area contributed by atoms with E-state index < -0.39 is 15.8 Å². The van der Waals surface area contributed by atoms with Crippen LogP contribution in [0.5, 0.6) is 0 Å². The molecule has 4 aromatic rings. The Morgan fingerprint density at radius 1 is 0.344 bits per heavy atom. The normalized spacial score (nSPS) is 11.3. The lowest BCUT2D eigenvalue weighted by Gasteiger charge is -2.24. The van der Waals surface area contributed by atoms with Crippen molar-refractivity contribution in [1.82, 2.24) is 0 Å².